The summed E-state index contributed by atoms with van der Waals surface area (Å²) in [6.45, 7) is 4.93. The van der Waals surface area contributed by atoms with Crippen LogP contribution in [-0.2, 0) is 11.2 Å². The number of ether oxygens (including phenoxy) is 1. The Bertz CT molecular complexity index is 1080. The lowest BCUT2D eigenvalue weighted by molar-refractivity contribution is 0.0602. The van der Waals surface area contributed by atoms with Crippen LogP contribution in [0.5, 0.6) is 0 Å². The molecular weight excluding hydrogens is 383 g/mol. The first kappa shape index (κ1) is 20.2. The van der Waals surface area contributed by atoms with Gasteiger partial charge in [-0.2, -0.15) is 0 Å². The average Bonchev–Trinajstić information content (AvgIpc) is 2.73. The molecule has 30 heavy (non-hydrogen) atoms. The molecule has 3 aromatic rings. The van der Waals surface area contributed by atoms with Crippen molar-refractivity contribution in [2.75, 3.05) is 18.6 Å². The molecule has 2 heterocycles. The smallest absolute Gasteiger partial charge is 0.340 e. The average molecular weight is 408 g/mol. The molecule has 2 atom stereocenters. The first-order valence-electron chi connectivity index (χ1n) is 10.2. The van der Waals surface area contributed by atoms with Gasteiger partial charge in [-0.3, -0.25) is 5.32 Å². The maximum absolute atomic E-state index is 13.9. The molecular formula is C23H25FN4O2. The zero-order valence-electron chi connectivity index (χ0n) is 17.4. The normalized spacial score (nSPS) is 16.7. The van der Waals surface area contributed by atoms with Gasteiger partial charge in [0.05, 0.1) is 30.4 Å². The van der Waals surface area contributed by atoms with Crippen molar-refractivity contribution in [3.05, 3.63) is 65.2 Å². The van der Waals surface area contributed by atoms with E-state index in [1.165, 1.54) is 13.2 Å². The maximum Gasteiger partial charge on any atom is 0.340 e. The number of hydrogen-bond acceptors (Lipinski definition) is 6. The van der Waals surface area contributed by atoms with Crippen molar-refractivity contribution in [2.45, 2.75) is 38.9 Å². The molecule has 156 valence electrons. The van der Waals surface area contributed by atoms with Gasteiger partial charge in [0.25, 0.3) is 0 Å². The van der Waals surface area contributed by atoms with E-state index in [9.17, 15) is 9.18 Å². The molecule has 1 aliphatic heterocycles. The Morgan fingerprint density at radius 1 is 1.30 bits per heavy atom. The summed E-state index contributed by atoms with van der Waals surface area (Å²) in [5.41, 5.74) is 1.84. The fourth-order valence-electron chi connectivity index (χ4n) is 3.85. The summed E-state index contributed by atoms with van der Waals surface area (Å²) in [5.74, 6) is 0.677. The third-order valence-corrected chi connectivity index (χ3v) is 5.60. The number of anilines is 1. The van der Waals surface area contributed by atoms with E-state index in [0.717, 1.165) is 29.7 Å². The van der Waals surface area contributed by atoms with Gasteiger partial charge in [0, 0.05) is 18.4 Å². The Kier molecular flexibility index (Phi) is 5.63. The van der Waals surface area contributed by atoms with E-state index in [-0.39, 0.29) is 18.0 Å². The highest BCUT2D eigenvalue weighted by Crippen LogP contribution is 2.35. The van der Waals surface area contributed by atoms with E-state index in [2.05, 4.69) is 15.2 Å². The second kappa shape index (κ2) is 8.36. The molecule has 1 aromatic heterocycles. The van der Waals surface area contributed by atoms with E-state index >= 15 is 0 Å². The Morgan fingerprint density at radius 2 is 2.07 bits per heavy atom. The van der Waals surface area contributed by atoms with Gasteiger partial charge in [-0.05, 0) is 43.2 Å². The van der Waals surface area contributed by atoms with Crippen molar-refractivity contribution < 1.29 is 13.9 Å². The predicted octanol–water partition coefficient (Wildman–Crippen LogP) is 4.00. The highest BCUT2D eigenvalue weighted by molar-refractivity contribution is 6.05. The highest BCUT2D eigenvalue weighted by Gasteiger charge is 2.32. The van der Waals surface area contributed by atoms with Crippen molar-refractivity contribution in [3.8, 4) is 0 Å². The Hall–Kier alpha value is -3.06. The molecule has 0 spiro atoms. The van der Waals surface area contributed by atoms with E-state index < -0.39 is 5.97 Å². The van der Waals surface area contributed by atoms with Crippen molar-refractivity contribution in [3.63, 3.8) is 0 Å². The fourth-order valence-corrected chi connectivity index (χ4v) is 3.85. The fraction of sp³-hybridized carbons (Fsp3) is 0.348. The van der Waals surface area contributed by atoms with Gasteiger partial charge in [0.2, 0.25) is 0 Å². The van der Waals surface area contributed by atoms with Crippen LogP contribution in [0.3, 0.4) is 0 Å². The topological polar surface area (TPSA) is 67.4 Å². The molecule has 1 saturated heterocycles. The van der Waals surface area contributed by atoms with Crippen LogP contribution in [0.15, 0.2) is 42.5 Å². The summed E-state index contributed by atoms with van der Waals surface area (Å²) in [6.07, 6.45) is 1.63. The minimum atomic E-state index is -0.432. The van der Waals surface area contributed by atoms with Gasteiger partial charge in [0.1, 0.15) is 17.5 Å². The molecule has 0 amide bonds. The number of carbonyl (C=O) groups excluding carboxylic acids is 1. The van der Waals surface area contributed by atoms with Crippen molar-refractivity contribution in [1.29, 1.82) is 0 Å². The standard InChI is InChI=1S/C23H25FN4O2/c1-4-19-26-21-17(9-6-10-18(21)23(29)30-3)22(27-19)28(20-11-12-25-20)14(2)15-7-5-8-16(24)13-15/h5-10,13-14,20,25H,4,11-12H2,1-3H3/t14-,20?/m0/s1. The van der Waals surface area contributed by atoms with Gasteiger partial charge >= 0.3 is 5.97 Å². The molecule has 4 rings (SSSR count). The van der Waals surface area contributed by atoms with Gasteiger partial charge in [-0.1, -0.05) is 25.1 Å². The van der Waals surface area contributed by atoms with Crippen LogP contribution in [0.1, 0.15) is 48.1 Å². The summed E-state index contributed by atoms with van der Waals surface area (Å²) in [5, 5.41) is 4.21. The van der Waals surface area contributed by atoms with E-state index in [1.54, 1.807) is 18.2 Å². The van der Waals surface area contributed by atoms with Crippen LogP contribution in [0.4, 0.5) is 10.2 Å². The molecule has 0 radical (unpaired) electrons. The van der Waals surface area contributed by atoms with Crippen molar-refractivity contribution >= 4 is 22.7 Å². The number of esters is 1. The summed E-state index contributed by atoms with van der Waals surface area (Å²) >= 11 is 0. The lowest BCUT2D eigenvalue weighted by Crippen LogP contribution is -2.56. The lowest BCUT2D eigenvalue weighted by Gasteiger charge is -2.43. The molecule has 7 heteroatoms. The van der Waals surface area contributed by atoms with Gasteiger partial charge in [-0.15, -0.1) is 0 Å². The number of methoxy groups -OCH3 is 1. The number of para-hydroxylation sites is 1. The largest absolute Gasteiger partial charge is 0.465 e. The van der Waals surface area contributed by atoms with Crippen LogP contribution in [0.25, 0.3) is 10.9 Å². The van der Waals surface area contributed by atoms with Gasteiger partial charge in [0.15, 0.2) is 0 Å². The van der Waals surface area contributed by atoms with Crippen LogP contribution in [0, 0.1) is 5.82 Å². The van der Waals surface area contributed by atoms with Crippen LogP contribution >= 0.6 is 0 Å². The van der Waals surface area contributed by atoms with Gasteiger partial charge < -0.3 is 9.64 Å². The minimum Gasteiger partial charge on any atom is -0.465 e. The summed E-state index contributed by atoms with van der Waals surface area (Å²) in [6, 6.07) is 11.9. The molecule has 0 saturated carbocycles. The number of rotatable bonds is 6. The number of halogens is 1. The van der Waals surface area contributed by atoms with E-state index in [0.29, 0.717) is 23.3 Å². The molecule has 0 bridgehead atoms. The zero-order valence-corrected chi connectivity index (χ0v) is 17.4. The monoisotopic (exact) mass is 408 g/mol. The second-order valence-electron chi connectivity index (χ2n) is 7.41. The number of nitrogens with one attached hydrogen (secondary N) is 1. The second-order valence-corrected chi connectivity index (χ2v) is 7.41. The number of aryl methyl sites for hydroxylation is 1. The number of nitrogens with zero attached hydrogens (tertiary/aromatic N) is 3. The maximum atomic E-state index is 13.9. The first-order valence-corrected chi connectivity index (χ1v) is 10.2. The zero-order chi connectivity index (χ0) is 21.3. The Morgan fingerprint density at radius 3 is 2.70 bits per heavy atom. The number of fused-ring (bicyclic) bond motifs is 1. The third-order valence-electron chi connectivity index (χ3n) is 5.60. The molecule has 1 N–H and O–H groups in total. The molecule has 1 aliphatic rings. The molecule has 6 nitrogen and oxygen atoms in total. The van der Waals surface area contributed by atoms with Crippen molar-refractivity contribution in [1.82, 2.24) is 15.3 Å². The number of aromatic nitrogens is 2. The SMILES string of the molecule is CCc1nc(N(C2CCN2)[C@@H](C)c2cccc(F)c2)c2cccc(C(=O)OC)c2n1. The summed E-state index contributed by atoms with van der Waals surface area (Å²) in [7, 11) is 1.36. The molecule has 1 unspecified atom stereocenters. The minimum absolute atomic E-state index is 0.0628. The first-order chi connectivity index (χ1) is 14.5. The molecule has 1 fully saturated rings. The predicted molar refractivity (Wildman–Crippen MR) is 114 cm³/mol. The van der Waals surface area contributed by atoms with E-state index in [1.807, 2.05) is 32.0 Å². The van der Waals surface area contributed by atoms with E-state index in [4.69, 9.17) is 9.72 Å². The third kappa shape index (κ3) is 3.61. The lowest BCUT2D eigenvalue weighted by atomic mass is 10.0. The Labute approximate surface area is 175 Å². The number of carbonyl (C=O) groups is 1. The number of hydrogen-bond donors (Lipinski definition) is 1. The summed E-state index contributed by atoms with van der Waals surface area (Å²) in [4.78, 5) is 24.0. The van der Waals surface area contributed by atoms with Crippen LogP contribution in [0.2, 0.25) is 0 Å². The van der Waals surface area contributed by atoms with Crippen molar-refractivity contribution in [2.24, 2.45) is 0 Å². The summed E-state index contributed by atoms with van der Waals surface area (Å²) < 4.78 is 18.9. The number of benzene rings is 2. The van der Waals surface area contributed by atoms with Gasteiger partial charge in [-0.25, -0.2) is 19.2 Å². The quantitative estimate of drug-likeness (QED) is 0.622. The Balaban J connectivity index is 1.92. The van der Waals surface area contributed by atoms with Crippen LogP contribution < -0.4 is 10.2 Å². The molecule has 2 aromatic carbocycles. The highest BCUT2D eigenvalue weighted by atomic mass is 19.1. The van der Waals surface area contributed by atoms with Crippen LogP contribution in [-0.4, -0.2) is 35.8 Å². The molecule has 0 aliphatic carbocycles.